The monoisotopic (exact) mass is 277 g/mol. The van der Waals surface area contributed by atoms with E-state index in [2.05, 4.69) is 16.3 Å². The maximum Gasteiger partial charge on any atom is 0.221 e. The predicted octanol–water partition coefficient (Wildman–Crippen LogP) is 0.987. The van der Waals surface area contributed by atoms with E-state index in [1.807, 2.05) is 18.2 Å². The summed E-state index contributed by atoms with van der Waals surface area (Å²) in [4.78, 5) is 13.7. The molecule has 1 aromatic carbocycles. The zero-order valence-corrected chi connectivity index (χ0v) is 12.0. The van der Waals surface area contributed by atoms with Crippen LogP contribution < -0.4 is 20.7 Å². The van der Waals surface area contributed by atoms with Gasteiger partial charge in [0.05, 0.1) is 12.8 Å². The van der Waals surface area contributed by atoms with Crippen LogP contribution in [-0.4, -0.2) is 39.2 Å². The topological polar surface area (TPSA) is 67.6 Å². The molecule has 1 atom stereocenters. The highest BCUT2D eigenvalue weighted by Crippen LogP contribution is 2.31. The molecule has 5 nitrogen and oxygen atoms in total. The maximum atomic E-state index is 11.4. The minimum Gasteiger partial charge on any atom is -0.495 e. The molecule has 5 heteroatoms. The van der Waals surface area contributed by atoms with Gasteiger partial charge in [-0.2, -0.15) is 0 Å². The van der Waals surface area contributed by atoms with E-state index < -0.39 is 0 Å². The van der Waals surface area contributed by atoms with Crippen molar-refractivity contribution < 1.29 is 9.53 Å². The Bertz CT molecular complexity index is 450. The average Bonchev–Trinajstić information content (AvgIpc) is 2.94. The summed E-state index contributed by atoms with van der Waals surface area (Å²) >= 11 is 0. The van der Waals surface area contributed by atoms with Crippen molar-refractivity contribution >= 4 is 11.6 Å². The number of hydrogen-bond acceptors (Lipinski definition) is 4. The van der Waals surface area contributed by atoms with Crippen LogP contribution in [0.25, 0.3) is 0 Å². The number of rotatable bonds is 6. The van der Waals surface area contributed by atoms with Crippen LogP contribution >= 0.6 is 0 Å². The van der Waals surface area contributed by atoms with Gasteiger partial charge in [0.25, 0.3) is 0 Å². The van der Waals surface area contributed by atoms with Gasteiger partial charge in [0, 0.05) is 32.6 Å². The minimum absolute atomic E-state index is 0.0447. The van der Waals surface area contributed by atoms with Crippen molar-refractivity contribution in [3.05, 3.63) is 24.3 Å². The number of nitrogens with one attached hydrogen (secondary N) is 1. The maximum absolute atomic E-state index is 11.4. The van der Waals surface area contributed by atoms with Crippen LogP contribution in [0.3, 0.4) is 0 Å². The smallest absolute Gasteiger partial charge is 0.221 e. The van der Waals surface area contributed by atoms with Crippen LogP contribution in [0, 0.1) is 5.92 Å². The van der Waals surface area contributed by atoms with Gasteiger partial charge in [-0.1, -0.05) is 12.1 Å². The minimum atomic E-state index is 0.0447. The predicted molar refractivity (Wildman–Crippen MR) is 80.0 cm³/mol. The van der Waals surface area contributed by atoms with Gasteiger partial charge in [-0.25, -0.2) is 0 Å². The SMILES string of the molecule is COc1ccccc1N1CCC(CNC(=O)CCN)C1. The first-order valence-corrected chi connectivity index (χ1v) is 7.09. The van der Waals surface area contributed by atoms with Crippen LogP contribution in [0.1, 0.15) is 12.8 Å². The van der Waals surface area contributed by atoms with Gasteiger partial charge < -0.3 is 20.7 Å². The van der Waals surface area contributed by atoms with Gasteiger partial charge in [-0.3, -0.25) is 4.79 Å². The zero-order chi connectivity index (χ0) is 14.4. The number of methoxy groups -OCH3 is 1. The van der Waals surface area contributed by atoms with E-state index >= 15 is 0 Å². The number of anilines is 1. The normalized spacial score (nSPS) is 18.1. The Morgan fingerprint density at radius 3 is 3.05 bits per heavy atom. The second-order valence-electron chi connectivity index (χ2n) is 5.12. The van der Waals surface area contributed by atoms with Gasteiger partial charge in [0.2, 0.25) is 5.91 Å². The number of para-hydroxylation sites is 2. The lowest BCUT2D eigenvalue weighted by Gasteiger charge is -2.21. The van der Waals surface area contributed by atoms with E-state index in [4.69, 9.17) is 10.5 Å². The summed E-state index contributed by atoms with van der Waals surface area (Å²) in [5.74, 6) is 1.44. The summed E-state index contributed by atoms with van der Waals surface area (Å²) in [6.45, 7) is 3.08. The summed E-state index contributed by atoms with van der Waals surface area (Å²) in [7, 11) is 1.69. The van der Waals surface area contributed by atoms with Crippen molar-refractivity contribution in [3.8, 4) is 5.75 Å². The third kappa shape index (κ3) is 3.63. The second kappa shape index (κ2) is 7.14. The van der Waals surface area contributed by atoms with Crippen molar-refractivity contribution in [1.29, 1.82) is 0 Å². The van der Waals surface area contributed by atoms with E-state index in [1.54, 1.807) is 7.11 Å². The van der Waals surface area contributed by atoms with Crippen LogP contribution in [-0.2, 0) is 4.79 Å². The van der Waals surface area contributed by atoms with Crippen LogP contribution in [0.5, 0.6) is 5.75 Å². The molecule has 1 saturated heterocycles. The van der Waals surface area contributed by atoms with Gasteiger partial charge in [0.1, 0.15) is 5.75 Å². The Kier molecular flexibility index (Phi) is 5.24. The van der Waals surface area contributed by atoms with Crippen LogP contribution in [0.2, 0.25) is 0 Å². The Morgan fingerprint density at radius 2 is 2.30 bits per heavy atom. The summed E-state index contributed by atoms with van der Waals surface area (Å²) in [6.07, 6.45) is 1.49. The molecule has 2 rings (SSSR count). The second-order valence-corrected chi connectivity index (χ2v) is 5.12. The molecule has 3 N–H and O–H groups in total. The lowest BCUT2D eigenvalue weighted by molar-refractivity contribution is -0.121. The fourth-order valence-electron chi connectivity index (χ4n) is 2.59. The van der Waals surface area contributed by atoms with Gasteiger partial charge in [-0.05, 0) is 24.5 Å². The van der Waals surface area contributed by atoms with E-state index in [1.165, 1.54) is 0 Å². The number of carbonyl (C=O) groups excluding carboxylic acids is 1. The molecule has 1 amide bonds. The van der Waals surface area contributed by atoms with Crippen LogP contribution in [0.4, 0.5) is 5.69 Å². The fraction of sp³-hybridized carbons (Fsp3) is 0.533. The summed E-state index contributed by atoms with van der Waals surface area (Å²) in [6, 6.07) is 8.05. The van der Waals surface area contributed by atoms with Crippen molar-refractivity contribution in [1.82, 2.24) is 5.32 Å². The Morgan fingerprint density at radius 1 is 1.50 bits per heavy atom. The molecular weight excluding hydrogens is 254 g/mol. The highest BCUT2D eigenvalue weighted by molar-refractivity contribution is 5.76. The molecule has 0 aliphatic carbocycles. The van der Waals surface area contributed by atoms with E-state index in [0.29, 0.717) is 18.9 Å². The third-order valence-corrected chi connectivity index (χ3v) is 3.67. The molecule has 1 aromatic rings. The number of nitrogens with zero attached hydrogens (tertiary/aromatic N) is 1. The summed E-state index contributed by atoms with van der Waals surface area (Å²) in [5, 5.41) is 2.95. The number of amides is 1. The highest BCUT2D eigenvalue weighted by Gasteiger charge is 2.24. The number of ether oxygens (including phenoxy) is 1. The molecule has 0 spiro atoms. The molecule has 1 aliphatic heterocycles. The van der Waals surface area contributed by atoms with Crippen molar-refractivity contribution in [2.24, 2.45) is 11.7 Å². The average molecular weight is 277 g/mol. The van der Waals surface area contributed by atoms with E-state index in [-0.39, 0.29) is 5.91 Å². The van der Waals surface area contributed by atoms with Crippen molar-refractivity contribution in [2.75, 3.05) is 38.2 Å². The molecule has 1 aliphatic rings. The molecular formula is C15H23N3O2. The first-order chi connectivity index (χ1) is 9.74. The van der Waals surface area contributed by atoms with Crippen molar-refractivity contribution in [3.63, 3.8) is 0 Å². The van der Waals surface area contributed by atoms with E-state index in [9.17, 15) is 4.79 Å². The molecule has 0 saturated carbocycles. The number of benzene rings is 1. The molecule has 1 heterocycles. The highest BCUT2D eigenvalue weighted by atomic mass is 16.5. The van der Waals surface area contributed by atoms with Crippen molar-refractivity contribution in [2.45, 2.75) is 12.8 Å². The molecule has 1 fully saturated rings. The zero-order valence-electron chi connectivity index (χ0n) is 12.0. The Balaban J connectivity index is 1.87. The Labute approximate surface area is 120 Å². The fourth-order valence-corrected chi connectivity index (χ4v) is 2.59. The lowest BCUT2D eigenvalue weighted by atomic mass is 10.1. The van der Waals surface area contributed by atoms with Gasteiger partial charge >= 0.3 is 0 Å². The summed E-state index contributed by atoms with van der Waals surface area (Å²) < 4.78 is 5.40. The van der Waals surface area contributed by atoms with Gasteiger partial charge in [0.15, 0.2) is 0 Å². The van der Waals surface area contributed by atoms with Crippen LogP contribution in [0.15, 0.2) is 24.3 Å². The molecule has 0 aromatic heterocycles. The quantitative estimate of drug-likeness (QED) is 0.813. The molecule has 0 bridgehead atoms. The largest absolute Gasteiger partial charge is 0.495 e. The number of nitrogens with two attached hydrogens (primary N) is 1. The summed E-state index contributed by atoms with van der Waals surface area (Å²) in [5.41, 5.74) is 6.49. The molecule has 0 radical (unpaired) electrons. The first kappa shape index (κ1) is 14.7. The number of hydrogen-bond donors (Lipinski definition) is 2. The Hall–Kier alpha value is -1.75. The first-order valence-electron chi connectivity index (χ1n) is 7.09. The molecule has 1 unspecified atom stereocenters. The van der Waals surface area contributed by atoms with E-state index in [0.717, 1.165) is 37.5 Å². The molecule has 110 valence electrons. The van der Waals surface area contributed by atoms with Gasteiger partial charge in [-0.15, -0.1) is 0 Å². The number of carbonyl (C=O) groups is 1. The third-order valence-electron chi connectivity index (χ3n) is 3.67. The lowest BCUT2D eigenvalue weighted by Crippen LogP contribution is -2.32. The standard InChI is InChI=1S/C15H23N3O2/c1-20-14-5-3-2-4-13(14)18-9-7-12(11-18)10-17-15(19)6-8-16/h2-5,12H,6-11,16H2,1H3,(H,17,19). The molecule has 20 heavy (non-hydrogen) atoms.